The fraction of sp³-hybridized carbons (Fsp3) is 0.167. The summed E-state index contributed by atoms with van der Waals surface area (Å²) < 4.78 is 76.7. The quantitative estimate of drug-likeness (QED) is 0.147. The zero-order valence-corrected chi connectivity index (χ0v) is 22.4. The second-order valence-corrected chi connectivity index (χ2v) is 12.4. The van der Waals surface area contributed by atoms with Crippen molar-refractivity contribution in [3.8, 4) is 10.6 Å². The molecule has 3 aromatic heterocycles. The molecule has 8 rings (SSSR count). The monoisotopic (exact) mass is 576 g/mol. The Morgan fingerprint density at radius 1 is 0.825 bits per heavy atom. The smallest absolute Gasteiger partial charge is 0.324 e. The fourth-order valence-corrected chi connectivity index (χ4v) is 9.02. The van der Waals surface area contributed by atoms with Gasteiger partial charge in [0.25, 0.3) is 0 Å². The molecule has 2 aromatic carbocycles. The van der Waals surface area contributed by atoms with Gasteiger partial charge in [0.2, 0.25) is 0 Å². The van der Waals surface area contributed by atoms with Gasteiger partial charge in [-0.15, -0.1) is 22.7 Å². The first kappa shape index (κ1) is 24.3. The van der Waals surface area contributed by atoms with Gasteiger partial charge in [0.1, 0.15) is 5.57 Å². The van der Waals surface area contributed by atoms with E-state index in [1.54, 1.807) is 0 Å². The van der Waals surface area contributed by atoms with Gasteiger partial charge >= 0.3 is 13.6 Å². The number of benzene rings is 2. The molecule has 10 heteroatoms. The van der Waals surface area contributed by atoms with Crippen LogP contribution >= 0.6 is 22.7 Å². The zero-order chi connectivity index (χ0) is 27.3. The highest BCUT2D eigenvalue weighted by Crippen LogP contribution is 2.49. The van der Waals surface area contributed by atoms with Crippen molar-refractivity contribution in [2.75, 3.05) is 0 Å². The fourth-order valence-electron chi connectivity index (χ4n) is 6.41. The van der Waals surface area contributed by atoms with Crippen LogP contribution in [0, 0.1) is 0 Å². The Morgan fingerprint density at radius 3 is 2.12 bits per heavy atom. The van der Waals surface area contributed by atoms with E-state index in [-0.39, 0.29) is 11.4 Å². The van der Waals surface area contributed by atoms with E-state index in [1.807, 2.05) is 48.5 Å². The third-order valence-corrected chi connectivity index (χ3v) is 10.5. The molecule has 2 nitrogen and oxygen atoms in total. The maximum atomic E-state index is 14.9. The molecule has 5 aromatic rings. The van der Waals surface area contributed by atoms with Crippen LogP contribution in [0.4, 0.5) is 21.8 Å². The maximum Gasteiger partial charge on any atom is 0.678 e. The van der Waals surface area contributed by atoms with E-state index in [4.69, 9.17) is 0 Å². The van der Waals surface area contributed by atoms with E-state index in [9.17, 15) is 21.8 Å². The van der Waals surface area contributed by atoms with Crippen molar-refractivity contribution >= 4 is 61.5 Å². The summed E-state index contributed by atoms with van der Waals surface area (Å²) in [6.45, 7) is 0. The SMILES string of the molecule is FB(F)n1c(/C(=C2/C=C3CCc4c(sc5ccccc45)C3=N2)C(F)(F)F)cc2c1-c1sc3ccccc3c1CC2. The van der Waals surface area contributed by atoms with E-state index in [0.29, 0.717) is 46.3 Å². The summed E-state index contributed by atoms with van der Waals surface area (Å²) in [5.41, 5.74) is 2.05. The Morgan fingerprint density at radius 2 is 1.45 bits per heavy atom. The Bertz CT molecular complexity index is 1990. The van der Waals surface area contributed by atoms with Crippen molar-refractivity contribution in [3.63, 3.8) is 0 Å². The van der Waals surface area contributed by atoms with Gasteiger partial charge in [0, 0.05) is 15.1 Å². The topological polar surface area (TPSA) is 17.3 Å². The average molecular weight is 576 g/mol. The summed E-state index contributed by atoms with van der Waals surface area (Å²) in [4.78, 5) is 6.01. The van der Waals surface area contributed by atoms with Crippen LogP contribution in [0.5, 0.6) is 0 Å². The van der Waals surface area contributed by atoms with Crippen molar-refractivity contribution in [1.29, 1.82) is 0 Å². The Balaban J connectivity index is 1.36. The molecule has 0 radical (unpaired) electrons. The normalized spacial score (nSPS) is 17.3. The van der Waals surface area contributed by atoms with Crippen LogP contribution in [-0.4, -0.2) is 23.8 Å². The summed E-state index contributed by atoms with van der Waals surface area (Å²) in [5, 5.41) is 2.07. The number of aromatic nitrogens is 1. The van der Waals surface area contributed by atoms with E-state index in [2.05, 4.69) is 4.99 Å². The molecule has 4 heterocycles. The average Bonchev–Trinajstić information content (AvgIpc) is 3.68. The molecule has 0 fully saturated rings. The highest BCUT2D eigenvalue weighted by molar-refractivity contribution is 7.22. The molecule has 0 saturated heterocycles. The van der Waals surface area contributed by atoms with Gasteiger partial charge in [-0.25, -0.2) is 4.99 Å². The van der Waals surface area contributed by atoms with E-state index in [0.717, 1.165) is 41.7 Å². The van der Waals surface area contributed by atoms with Gasteiger partial charge in [-0.1, -0.05) is 36.4 Å². The lowest BCUT2D eigenvalue weighted by molar-refractivity contribution is -0.0696. The number of hydrogen-bond acceptors (Lipinski definition) is 3. The third-order valence-electron chi connectivity index (χ3n) is 8.07. The molecule has 2 aliphatic carbocycles. The van der Waals surface area contributed by atoms with Crippen molar-refractivity contribution in [2.45, 2.75) is 31.9 Å². The minimum atomic E-state index is -4.89. The van der Waals surface area contributed by atoms with E-state index >= 15 is 0 Å². The highest BCUT2D eigenvalue weighted by Gasteiger charge is 2.44. The molecule has 1 aliphatic heterocycles. The van der Waals surface area contributed by atoms with Crippen molar-refractivity contribution < 1.29 is 21.8 Å². The molecular weight excluding hydrogens is 558 g/mol. The number of aryl methyl sites for hydroxylation is 3. The Labute approximate surface area is 234 Å². The molecule has 198 valence electrons. The van der Waals surface area contributed by atoms with Gasteiger partial charge < -0.3 is 4.48 Å². The lowest BCUT2D eigenvalue weighted by Crippen LogP contribution is -2.22. The predicted molar refractivity (Wildman–Crippen MR) is 154 cm³/mol. The molecule has 0 atom stereocenters. The van der Waals surface area contributed by atoms with Crippen molar-refractivity contribution in [1.82, 2.24) is 4.48 Å². The van der Waals surface area contributed by atoms with Crippen LogP contribution in [0.2, 0.25) is 0 Å². The number of alkyl halides is 3. The maximum absolute atomic E-state index is 14.9. The number of aliphatic imine (C=N–C) groups is 1. The molecule has 0 bridgehead atoms. The molecule has 0 amide bonds. The van der Waals surface area contributed by atoms with Crippen LogP contribution in [0.3, 0.4) is 0 Å². The molecule has 0 saturated carbocycles. The highest BCUT2D eigenvalue weighted by atomic mass is 32.1. The first-order chi connectivity index (χ1) is 19.3. The number of nitrogens with zero attached hydrogens (tertiary/aromatic N) is 2. The molecule has 0 unspecified atom stereocenters. The number of allylic oxidation sites excluding steroid dienone is 3. The molecular formula is C30H18BF5N2S2. The lowest BCUT2D eigenvalue weighted by atomic mass is 9.91. The Hall–Kier alpha value is -3.50. The van der Waals surface area contributed by atoms with Gasteiger partial charge in [-0.05, 0) is 83.0 Å². The van der Waals surface area contributed by atoms with Crippen molar-refractivity contribution in [2.24, 2.45) is 4.99 Å². The van der Waals surface area contributed by atoms with Gasteiger partial charge in [-0.3, -0.25) is 8.63 Å². The molecule has 3 aliphatic rings. The summed E-state index contributed by atoms with van der Waals surface area (Å²) in [6.07, 6.45) is -1.18. The van der Waals surface area contributed by atoms with Crippen LogP contribution in [0.15, 0.2) is 76.9 Å². The lowest BCUT2D eigenvalue weighted by Gasteiger charge is -2.18. The minimum absolute atomic E-state index is 0.192. The van der Waals surface area contributed by atoms with Gasteiger partial charge in [0.15, 0.2) is 0 Å². The summed E-state index contributed by atoms with van der Waals surface area (Å²) in [5.74, 6) is 0. The second kappa shape index (κ2) is 8.50. The van der Waals surface area contributed by atoms with Gasteiger partial charge in [0.05, 0.1) is 26.9 Å². The van der Waals surface area contributed by atoms with Crippen LogP contribution in [0.25, 0.3) is 36.3 Å². The molecule has 0 spiro atoms. The van der Waals surface area contributed by atoms with Crippen LogP contribution < -0.4 is 0 Å². The number of fused-ring (bicyclic) bond motifs is 10. The van der Waals surface area contributed by atoms with E-state index in [1.165, 1.54) is 34.8 Å². The molecule has 40 heavy (non-hydrogen) atoms. The van der Waals surface area contributed by atoms with Crippen LogP contribution in [0.1, 0.15) is 33.7 Å². The standard InChI is InChI=1S/C30H18BF5N2S2/c32-30(33,34)25(21-13-15-9-11-19-17-5-1-3-7-23(17)39-28(19)26(15)37-21)22-14-16-10-12-20-18-6-2-4-8-24(18)40-29(20)27(16)38(22)31(35)36/h1-8,13-14H,9-12H2/b25-21+. The van der Waals surface area contributed by atoms with Gasteiger partial charge in [-0.2, -0.15) is 13.2 Å². The number of thiophene rings is 2. The molecule has 0 N–H and O–H groups in total. The summed E-state index contributed by atoms with van der Waals surface area (Å²) >= 11 is 2.88. The number of halogens is 5. The summed E-state index contributed by atoms with van der Waals surface area (Å²) in [7, 11) is -3.15. The second-order valence-electron chi connectivity index (χ2n) is 10.3. The predicted octanol–water partition coefficient (Wildman–Crippen LogP) is 9.10. The summed E-state index contributed by atoms with van der Waals surface area (Å²) in [6, 6.07) is 16.9. The van der Waals surface area contributed by atoms with Crippen LogP contribution in [-0.2, 0) is 19.3 Å². The first-order valence-corrected chi connectivity index (χ1v) is 14.6. The van der Waals surface area contributed by atoms with E-state index < -0.39 is 24.8 Å². The zero-order valence-electron chi connectivity index (χ0n) is 20.8. The number of hydrogen-bond donors (Lipinski definition) is 0. The van der Waals surface area contributed by atoms with Crippen molar-refractivity contribution in [3.05, 3.63) is 99.2 Å². The minimum Gasteiger partial charge on any atom is -0.324 e. The Kier molecular flexibility index (Phi) is 5.17. The largest absolute Gasteiger partial charge is 0.678 e. The third kappa shape index (κ3) is 3.41. The first-order valence-electron chi connectivity index (χ1n) is 12.9. The number of rotatable bonds is 2.